The van der Waals surface area contributed by atoms with Gasteiger partial charge in [0.15, 0.2) is 5.82 Å². The van der Waals surface area contributed by atoms with Gasteiger partial charge in [0.2, 0.25) is 0 Å². The molecule has 6 heteroatoms. The fourth-order valence-electron chi connectivity index (χ4n) is 2.92. The zero-order valence-corrected chi connectivity index (χ0v) is 13.6. The van der Waals surface area contributed by atoms with Crippen molar-refractivity contribution in [1.82, 2.24) is 15.5 Å². The smallest absolute Gasteiger partial charge is 0.151 e. The lowest BCUT2D eigenvalue weighted by Crippen LogP contribution is -2.47. The molecule has 0 amide bonds. The highest BCUT2D eigenvalue weighted by molar-refractivity contribution is 5.42. The van der Waals surface area contributed by atoms with Gasteiger partial charge in [-0.2, -0.15) is 10.4 Å². The summed E-state index contributed by atoms with van der Waals surface area (Å²) in [6.45, 7) is 3.23. The SMILES string of the molecule is N#Cc1ccccc1OCCN[C@H]1CCCN(c2cccnn2)C1. The van der Waals surface area contributed by atoms with Gasteiger partial charge in [-0.25, -0.2) is 0 Å². The molecule has 1 atom stereocenters. The fourth-order valence-corrected chi connectivity index (χ4v) is 2.92. The summed E-state index contributed by atoms with van der Waals surface area (Å²) in [6.07, 6.45) is 3.97. The Morgan fingerprint density at radius 3 is 3.04 bits per heavy atom. The molecular formula is C18H21N5O. The van der Waals surface area contributed by atoms with Crippen LogP contribution >= 0.6 is 0 Å². The first-order chi connectivity index (χ1) is 11.9. The van der Waals surface area contributed by atoms with Crippen molar-refractivity contribution in [2.45, 2.75) is 18.9 Å². The molecule has 6 nitrogen and oxygen atoms in total. The van der Waals surface area contributed by atoms with Crippen molar-refractivity contribution in [1.29, 1.82) is 5.26 Å². The molecule has 2 heterocycles. The van der Waals surface area contributed by atoms with E-state index in [0.717, 1.165) is 38.3 Å². The number of hydrogen-bond acceptors (Lipinski definition) is 6. The summed E-state index contributed by atoms with van der Waals surface area (Å²) in [5.41, 5.74) is 0.573. The first-order valence-corrected chi connectivity index (χ1v) is 8.25. The van der Waals surface area contributed by atoms with Gasteiger partial charge in [-0.3, -0.25) is 0 Å². The second-order valence-electron chi connectivity index (χ2n) is 5.78. The number of hydrogen-bond donors (Lipinski definition) is 1. The van der Waals surface area contributed by atoms with Crippen molar-refractivity contribution >= 4 is 5.82 Å². The molecule has 124 valence electrons. The molecule has 0 radical (unpaired) electrons. The van der Waals surface area contributed by atoms with E-state index >= 15 is 0 Å². The maximum atomic E-state index is 9.05. The van der Waals surface area contributed by atoms with Crippen LogP contribution in [0.3, 0.4) is 0 Å². The Kier molecular flexibility index (Phi) is 5.59. The number of nitrogens with zero attached hydrogens (tertiary/aromatic N) is 4. The summed E-state index contributed by atoms with van der Waals surface area (Å²) in [7, 11) is 0. The molecular weight excluding hydrogens is 302 g/mol. The molecule has 1 aliphatic rings. The van der Waals surface area contributed by atoms with E-state index in [1.165, 1.54) is 0 Å². The maximum Gasteiger partial charge on any atom is 0.151 e. The van der Waals surface area contributed by atoms with E-state index in [9.17, 15) is 0 Å². The van der Waals surface area contributed by atoms with Crippen LogP contribution in [-0.2, 0) is 0 Å². The summed E-state index contributed by atoms with van der Waals surface area (Å²) >= 11 is 0. The highest BCUT2D eigenvalue weighted by Crippen LogP contribution is 2.17. The normalized spacial score (nSPS) is 17.3. The summed E-state index contributed by atoms with van der Waals surface area (Å²) in [5, 5.41) is 20.7. The Hall–Kier alpha value is -2.65. The summed E-state index contributed by atoms with van der Waals surface area (Å²) in [5.74, 6) is 1.58. The van der Waals surface area contributed by atoms with Crippen LogP contribution in [0, 0.1) is 11.3 Å². The van der Waals surface area contributed by atoms with Crippen LogP contribution in [0.5, 0.6) is 5.75 Å². The van der Waals surface area contributed by atoms with Crippen LogP contribution in [0.1, 0.15) is 18.4 Å². The minimum atomic E-state index is 0.413. The minimum absolute atomic E-state index is 0.413. The standard InChI is InChI=1S/C18H21N5O/c19-13-15-5-1-2-7-17(15)24-12-10-20-16-6-4-11-23(14-16)18-8-3-9-21-22-18/h1-3,5,7-9,16,20H,4,6,10-12,14H2/t16-/m0/s1. The average Bonchev–Trinajstić information content (AvgIpc) is 2.66. The molecule has 1 aromatic carbocycles. The molecule has 0 bridgehead atoms. The zero-order chi connectivity index (χ0) is 16.6. The van der Waals surface area contributed by atoms with Crippen molar-refractivity contribution in [2.75, 3.05) is 31.1 Å². The van der Waals surface area contributed by atoms with E-state index in [1.54, 1.807) is 12.3 Å². The third kappa shape index (κ3) is 4.21. The topological polar surface area (TPSA) is 74.1 Å². The van der Waals surface area contributed by atoms with Crippen molar-refractivity contribution in [2.24, 2.45) is 0 Å². The highest BCUT2D eigenvalue weighted by Gasteiger charge is 2.20. The number of piperidine rings is 1. The summed E-state index contributed by atoms with van der Waals surface area (Å²) < 4.78 is 5.71. The number of para-hydroxylation sites is 1. The first-order valence-electron chi connectivity index (χ1n) is 8.25. The van der Waals surface area contributed by atoms with Gasteiger partial charge < -0.3 is 15.0 Å². The largest absolute Gasteiger partial charge is 0.491 e. The van der Waals surface area contributed by atoms with Crippen LogP contribution < -0.4 is 15.0 Å². The van der Waals surface area contributed by atoms with E-state index in [0.29, 0.717) is 24.0 Å². The lowest BCUT2D eigenvalue weighted by molar-refractivity contribution is 0.297. The van der Waals surface area contributed by atoms with E-state index in [4.69, 9.17) is 10.00 Å². The Balaban J connectivity index is 1.44. The molecule has 1 fully saturated rings. The lowest BCUT2D eigenvalue weighted by Gasteiger charge is -2.33. The Labute approximate surface area is 142 Å². The number of benzene rings is 1. The molecule has 1 aromatic heterocycles. The van der Waals surface area contributed by atoms with Crippen LogP contribution in [-0.4, -0.2) is 42.5 Å². The minimum Gasteiger partial charge on any atom is -0.491 e. The summed E-state index contributed by atoms with van der Waals surface area (Å²) in [4.78, 5) is 2.26. The van der Waals surface area contributed by atoms with E-state index in [1.807, 2.05) is 30.3 Å². The molecule has 2 aromatic rings. The van der Waals surface area contributed by atoms with Crippen LogP contribution in [0.25, 0.3) is 0 Å². The van der Waals surface area contributed by atoms with E-state index in [-0.39, 0.29) is 0 Å². The molecule has 1 aliphatic heterocycles. The average molecular weight is 323 g/mol. The predicted octanol–water partition coefficient (Wildman–Crippen LogP) is 1.99. The van der Waals surface area contributed by atoms with E-state index < -0.39 is 0 Å². The molecule has 1 N–H and O–H groups in total. The monoisotopic (exact) mass is 323 g/mol. The third-order valence-corrected chi connectivity index (χ3v) is 4.10. The van der Waals surface area contributed by atoms with Crippen molar-refractivity contribution in [3.63, 3.8) is 0 Å². The number of ether oxygens (including phenoxy) is 1. The summed E-state index contributed by atoms with van der Waals surface area (Å²) in [6, 6.07) is 13.8. The number of aromatic nitrogens is 2. The van der Waals surface area contributed by atoms with E-state index in [2.05, 4.69) is 26.5 Å². The third-order valence-electron chi connectivity index (χ3n) is 4.10. The molecule has 0 aliphatic carbocycles. The van der Waals surface area contributed by atoms with Crippen molar-refractivity contribution in [3.8, 4) is 11.8 Å². The number of rotatable bonds is 6. The second kappa shape index (κ2) is 8.27. The highest BCUT2D eigenvalue weighted by atomic mass is 16.5. The predicted molar refractivity (Wildman–Crippen MR) is 91.9 cm³/mol. The van der Waals surface area contributed by atoms with Crippen LogP contribution in [0.4, 0.5) is 5.82 Å². The Morgan fingerprint density at radius 1 is 1.29 bits per heavy atom. The van der Waals surface area contributed by atoms with Gasteiger partial charge in [-0.05, 0) is 37.1 Å². The van der Waals surface area contributed by atoms with Gasteiger partial charge in [-0.1, -0.05) is 12.1 Å². The Morgan fingerprint density at radius 2 is 2.21 bits per heavy atom. The quantitative estimate of drug-likeness (QED) is 0.820. The van der Waals surface area contributed by atoms with Gasteiger partial charge >= 0.3 is 0 Å². The van der Waals surface area contributed by atoms with Crippen molar-refractivity contribution < 1.29 is 4.74 Å². The van der Waals surface area contributed by atoms with Gasteiger partial charge in [0, 0.05) is 31.9 Å². The number of nitriles is 1. The second-order valence-corrected chi connectivity index (χ2v) is 5.78. The molecule has 0 unspecified atom stereocenters. The number of anilines is 1. The first kappa shape index (κ1) is 16.2. The van der Waals surface area contributed by atoms with Crippen molar-refractivity contribution in [3.05, 3.63) is 48.2 Å². The van der Waals surface area contributed by atoms with Crippen LogP contribution in [0.2, 0.25) is 0 Å². The van der Waals surface area contributed by atoms with Gasteiger partial charge in [-0.15, -0.1) is 5.10 Å². The van der Waals surface area contributed by atoms with Gasteiger partial charge in [0.25, 0.3) is 0 Å². The van der Waals surface area contributed by atoms with Crippen LogP contribution in [0.15, 0.2) is 42.6 Å². The molecule has 0 saturated carbocycles. The lowest BCUT2D eigenvalue weighted by atomic mass is 10.1. The van der Waals surface area contributed by atoms with Gasteiger partial charge in [0.1, 0.15) is 18.4 Å². The molecule has 1 saturated heterocycles. The Bertz CT molecular complexity index is 685. The maximum absolute atomic E-state index is 9.05. The molecule has 24 heavy (non-hydrogen) atoms. The molecule has 3 rings (SSSR count). The fraction of sp³-hybridized carbons (Fsp3) is 0.389. The molecule has 0 spiro atoms. The zero-order valence-electron chi connectivity index (χ0n) is 13.6. The van der Waals surface area contributed by atoms with Gasteiger partial charge in [0.05, 0.1) is 5.56 Å². The number of nitrogens with one attached hydrogen (secondary N) is 1.